The Morgan fingerprint density at radius 2 is 1.11 bits per heavy atom. The van der Waals surface area contributed by atoms with Gasteiger partial charge in [0.25, 0.3) is 5.91 Å². The maximum atomic E-state index is 12.9. The first-order valence-electron chi connectivity index (χ1n) is 15.6. The summed E-state index contributed by atoms with van der Waals surface area (Å²) in [5, 5.41) is 14.0. The van der Waals surface area contributed by atoms with E-state index < -0.39 is 5.97 Å². The molecule has 0 unspecified atom stereocenters. The van der Waals surface area contributed by atoms with Crippen molar-refractivity contribution >= 4 is 33.7 Å². The molecule has 0 fully saturated rings. The second kappa shape index (κ2) is 15.5. The van der Waals surface area contributed by atoms with Crippen LogP contribution in [0, 0.1) is 0 Å². The molecule has 2 aromatic heterocycles. The molecule has 232 valence electrons. The van der Waals surface area contributed by atoms with Gasteiger partial charge in [-0.25, -0.2) is 14.8 Å². The van der Waals surface area contributed by atoms with E-state index in [9.17, 15) is 14.7 Å². The number of carbonyl (C=O) groups excluding carboxylic acids is 1. The van der Waals surface area contributed by atoms with E-state index in [0.717, 1.165) is 53.8 Å². The number of hydrogen-bond acceptors (Lipinski definition) is 5. The zero-order valence-electron chi connectivity index (χ0n) is 26.2. The zero-order valence-corrected chi connectivity index (χ0v) is 26.2. The van der Waals surface area contributed by atoms with Gasteiger partial charge in [0.15, 0.2) is 0 Å². The molecule has 4 aromatic carbocycles. The van der Waals surface area contributed by atoms with Gasteiger partial charge in [-0.05, 0) is 50.3 Å². The van der Waals surface area contributed by atoms with E-state index in [4.69, 9.17) is 4.98 Å². The molecule has 0 saturated heterocycles. The maximum Gasteiger partial charge on any atom is 0.336 e. The molecule has 0 aliphatic heterocycles. The molecule has 7 nitrogen and oxygen atoms in total. The van der Waals surface area contributed by atoms with Crippen molar-refractivity contribution in [2.45, 2.75) is 20.3 Å². The average Bonchev–Trinajstić information content (AvgIpc) is 3.11. The summed E-state index contributed by atoms with van der Waals surface area (Å²) in [6, 6.07) is 38.2. The van der Waals surface area contributed by atoms with E-state index >= 15 is 0 Å². The van der Waals surface area contributed by atoms with Gasteiger partial charge in [0, 0.05) is 28.4 Å². The SMILES string of the molecule is CCN(CC)CCCNC(=O)c1cc(-c2ccccc2)nc2ccccc12.O=C(O)c1cc(-c2ccccc2)nc2ccccc12. The second-order valence-corrected chi connectivity index (χ2v) is 10.8. The average molecular weight is 611 g/mol. The predicted octanol–water partition coefficient (Wildman–Crippen LogP) is 7.96. The van der Waals surface area contributed by atoms with Crippen molar-refractivity contribution in [2.24, 2.45) is 0 Å². The Hall–Kier alpha value is -5.40. The Bertz CT molecular complexity index is 1920. The first-order valence-corrected chi connectivity index (χ1v) is 15.6. The van der Waals surface area contributed by atoms with Crippen LogP contribution in [0.5, 0.6) is 0 Å². The summed E-state index contributed by atoms with van der Waals surface area (Å²) < 4.78 is 0. The smallest absolute Gasteiger partial charge is 0.336 e. The number of carboxylic acid groups (broad SMARTS) is 1. The van der Waals surface area contributed by atoms with Crippen LogP contribution in [-0.2, 0) is 0 Å². The van der Waals surface area contributed by atoms with Crippen molar-refractivity contribution in [2.75, 3.05) is 26.2 Å². The Balaban J connectivity index is 0.000000192. The lowest BCUT2D eigenvalue weighted by Gasteiger charge is -2.17. The van der Waals surface area contributed by atoms with E-state index in [1.165, 1.54) is 0 Å². The highest BCUT2D eigenvalue weighted by Crippen LogP contribution is 2.26. The number of aromatic nitrogens is 2. The minimum absolute atomic E-state index is 0.0367. The monoisotopic (exact) mass is 610 g/mol. The highest BCUT2D eigenvalue weighted by molar-refractivity contribution is 6.07. The Kier molecular flexibility index (Phi) is 10.8. The van der Waals surface area contributed by atoms with Crippen molar-refractivity contribution in [1.82, 2.24) is 20.2 Å². The van der Waals surface area contributed by atoms with Crippen molar-refractivity contribution < 1.29 is 14.7 Å². The number of rotatable bonds is 10. The van der Waals surface area contributed by atoms with Gasteiger partial charge in [-0.2, -0.15) is 0 Å². The molecular weight excluding hydrogens is 572 g/mol. The standard InChI is InChI=1S/C23H27N3O.C16H11NO2/c1-3-26(4-2)16-10-15-24-23(27)20-17-22(18-11-6-5-7-12-18)25-21-14-9-8-13-19(20)21;18-16(19)13-10-15(11-6-2-1-3-7-11)17-14-9-5-4-8-12(13)14/h5-9,11-14,17H,3-4,10,15-16H2,1-2H3,(H,24,27);1-10H,(H,18,19). The molecule has 0 radical (unpaired) electrons. The topological polar surface area (TPSA) is 95.4 Å². The number of nitrogens with one attached hydrogen (secondary N) is 1. The van der Waals surface area contributed by atoms with Gasteiger partial charge in [0.1, 0.15) is 0 Å². The molecule has 6 rings (SSSR count). The summed E-state index contributed by atoms with van der Waals surface area (Å²) in [5.74, 6) is -0.971. The number of nitrogens with zero attached hydrogens (tertiary/aromatic N) is 3. The highest BCUT2D eigenvalue weighted by Gasteiger charge is 2.14. The zero-order chi connectivity index (χ0) is 32.3. The second-order valence-electron chi connectivity index (χ2n) is 10.8. The molecule has 46 heavy (non-hydrogen) atoms. The van der Waals surface area contributed by atoms with Crippen LogP contribution < -0.4 is 5.32 Å². The van der Waals surface area contributed by atoms with Crippen LogP contribution in [-0.4, -0.2) is 58.0 Å². The maximum absolute atomic E-state index is 12.9. The van der Waals surface area contributed by atoms with E-state index in [2.05, 4.69) is 29.0 Å². The summed E-state index contributed by atoms with van der Waals surface area (Å²) in [4.78, 5) is 35.9. The van der Waals surface area contributed by atoms with Gasteiger partial charge in [-0.1, -0.05) is 111 Å². The first-order chi connectivity index (χ1) is 22.5. The van der Waals surface area contributed by atoms with Crippen molar-refractivity contribution in [3.8, 4) is 22.5 Å². The van der Waals surface area contributed by atoms with Crippen LogP contribution in [0.15, 0.2) is 121 Å². The molecule has 0 aliphatic rings. The minimum Gasteiger partial charge on any atom is -0.478 e. The van der Waals surface area contributed by atoms with Gasteiger partial charge < -0.3 is 15.3 Å². The molecule has 6 aromatic rings. The largest absolute Gasteiger partial charge is 0.478 e. The predicted molar refractivity (Wildman–Crippen MR) is 186 cm³/mol. The van der Waals surface area contributed by atoms with Crippen molar-refractivity contribution in [3.63, 3.8) is 0 Å². The van der Waals surface area contributed by atoms with Gasteiger partial charge in [0.2, 0.25) is 0 Å². The molecule has 0 atom stereocenters. The lowest BCUT2D eigenvalue weighted by Crippen LogP contribution is -2.30. The number of carbonyl (C=O) groups is 2. The van der Waals surface area contributed by atoms with Crippen molar-refractivity contribution in [1.29, 1.82) is 0 Å². The number of aromatic carboxylic acids is 1. The Morgan fingerprint density at radius 1 is 0.652 bits per heavy atom. The third-order valence-electron chi connectivity index (χ3n) is 7.88. The summed E-state index contributed by atoms with van der Waals surface area (Å²) in [5.41, 5.74) is 5.93. The number of pyridine rings is 2. The fourth-order valence-corrected chi connectivity index (χ4v) is 5.37. The number of carboxylic acids is 1. The van der Waals surface area contributed by atoms with Crippen LogP contribution in [0.3, 0.4) is 0 Å². The third-order valence-corrected chi connectivity index (χ3v) is 7.88. The molecule has 1 amide bonds. The molecule has 7 heteroatoms. The third kappa shape index (κ3) is 7.81. The normalized spacial score (nSPS) is 10.8. The Morgan fingerprint density at radius 3 is 1.61 bits per heavy atom. The van der Waals surface area contributed by atoms with Crippen LogP contribution in [0.2, 0.25) is 0 Å². The number of para-hydroxylation sites is 2. The van der Waals surface area contributed by atoms with Crippen LogP contribution >= 0.6 is 0 Å². The molecule has 0 aliphatic carbocycles. The van der Waals surface area contributed by atoms with Crippen LogP contribution in [0.1, 0.15) is 41.0 Å². The quantitative estimate of drug-likeness (QED) is 0.153. The van der Waals surface area contributed by atoms with E-state index in [-0.39, 0.29) is 11.5 Å². The first kappa shape index (κ1) is 32.0. The van der Waals surface area contributed by atoms with Crippen LogP contribution in [0.4, 0.5) is 0 Å². The lowest BCUT2D eigenvalue weighted by atomic mass is 10.0. The summed E-state index contributed by atoms with van der Waals surface area (Å²) in [6.45, 7) is 8.08. The number of hydrogen-bond donors (Lipinski definition) is 2. The van der Waals surface area contributed by atoms with E-state index in [1.54, 1.807) is 12.1 Å². The van der Waals surface area contributed by atoms with Gasteiger partial charge >= 0.3 is 5.97 Å². The molecule has 0 bridgehead atoms. The molecule has 0 saturated carbocycles. The Labute approximate surface area is 269 Å². The van der Waals surface area contributed by atoms with Crippen molar-refractivity contribution in [3.05, 3.63) is 132 Å². The minimum atomic E-state index is -0.934. The highest BCUT2D eigenvalue weighted by atomic mass is 16.4. The summed E-state index contributed by atoms with van der Waals surface area (Å²) >= 11 is 0. The molecule has 0 spiro atoms. The molecular formula is C39H38N4O3. The molecule has 2 N–H and O–H groups in total. The van der Waals surface area contributed by atoms with Gasteiger partial charge in [-0.3, -0.25) is 4.79 Å². The van der Waals surface area contributed by atoms with E-state index in [0.29, 0.717) is 28.7 Å². The van der Waals surface area contributed by atoms with Gasteiger partial charge in [0.05, 0.1) is 33.5 Å². The number of benzene rings is 4. The fourth-order valence-electron chi connectivity index (χ4n) is 5.37. The fraction of sp³-hybridized carbons (Fsp3) is 0.179. The van der Waals surface area contributed by atoms with E-state index in [1.807, 2.05) is 109 Å². The molecule has 2 heterocycles. The summed E-state index contributed by atoms with van der Waals surface area (Å²) in [7, 11) is 0. The lowest BCUT2D eigenvalue weighted by molar-refractivity contribution is 0.0698. The van der Waals surface area contributed by atoms with Gasteiger partial charge in [-0.15, -0.1) is 0 Å². The number of fused-ring (bicyclic) bond motifs is 2. The summed E-state index contributed by atoms with van der Waals surface area (Å²) in [6.07, 6.45) is 0.946. The number of amides is 1. The van der Waals surface area contributed by atoms with Crippen LogP contribution in [0.25, 0.3) is 44.3 Å².